The molecule has 0 spiro atoms. The molecule has 1 fully saturated rings. The summed E-state index contributed by atoms with van der Waals surface area (Å²) in [5.41, 5.74) is -1.27. The van der Waals surface area contributed by atoms with Gasteiger partial charge in [-0.05, 0) is 78.8 Å². The number of halogens is 5. The Morgan fingerprint density at radius 3 is 2.16 bits per heavy atom. The molecule has 2 aliphatic rings. The number of alkyl halides is 3. The third-order valence-corrected chi connectivity index (χ3v) is 11.2. The summed E-state index contributed by atoms with van der Waals surface area (Å²) in [7, 11) is -1.01. The molecular formula is C39H38ClF4N5O5S. The first-order valence-corrected chi connectivity index (χ1v) is 19.8. The van der Waals surface area contributed by atoms with Crippen molar-refractivity contribution in [2.45, 2.75) is 56.7 Å². The summed E-state index contributed by atoms with van der Waals surface area (Å²) < 4.78 is 105. The van der Waals surface area contributed by atoms with Crippen molar-refractivity contribution >= 4 is 44.0 Å². The van der Waals surface area contributed by atoms with E-state index in [1.807, 2.05) is 29.2 Å². The molecule has 55 heavy (non-hydrogen) atoms. The van der Waals surface area contributed by atoms with Crippen molar-refractivity contribution < 1.29 is 40.2 Å². The summed E-state index contributed by atoms with van der Waals surface area (Å²) >= 11 is 7.08. The third kappa shape index (κ3) is 7.61. The number of aryl methyl sites for hydroxylation is 2. The normalized spacial score (nSPS) is 16.0. The van der Waals surface area contributed by atoms with Gasteiger partial charge in [0.25, 0.3) is 0 Å². The standard InChI is InChI=1S/C39H38ClF4N5O5S/c1-22-18-29(48(19-23-6-11-26(52-2)12-7-23)20-24-8-13-27(53-3)14-9-24)45-35(32(22)39(42,43)44)31-33(40)28-15-10-25-21-54-17-5-16-49(25)37-30(28)36(34(31)41)46-38(47-37)55(4,50)51/h6-9,11-14,18,25H,5,10,15-17,19-21H2,1-4H3. The van der Waals surface area contributed by atoms with E-state index in [1.165, 1.54) is 13.0 Å². The summed E-state index contributed by atoms with van der Waals surface area (Å²) in [5, 5.41) is -0.768. The molecule has 16 heteroatoms. The van der Waals surface area contributed by atoms with Gasteiger partial charge in [0.15, 0.2) is 5.82 Å². The van der Waals surface area contributed by atoms with E-state index in [-0.39, 0.29) is 53.2 Å². The van der Waals surface area contributed by atoms with E-state index in [0.717, 1.165) is 17.4 Å². The fourth-order valence-electron chi connectivity index (χ4n) is 7.29. The van der Waals surface area contributed by atoms with Gasteiger partial charge in [-0.2, -0.15) is 13.2 Å². The van der Waals surface area contributed by atoms with E-state index in [9.17, 15) is 8.42 Å². The largest absolute Gasteiger partial charge is 0.497 e. The Morgan fingerprint density at radius 1 is 0.982 bits per heavy atom. The monoisotopic (exact) mass is 799 g/mol. The number of hydrogen-bond donors (Lipinski definition) is 0. The lowest BCUT2D eigenvalue weighted by molar-refractivity contribution is -0.137. The van der Waals surface area contributed by atoms with Crippen molar-refractivity contribution in [2.75, 3.05) is 50.0 Å². The van der Waals surface area contributed by atoms with Crippen LogP contribution in [0.1, 0.15) is 40.7 Å². The van der Waals surface area contributed by atoms with E-state index in [4.69, 9.17) is 25.8 Å². The number of fused-ring (bicyclic) bond motifs is 2. The van der Waals surface area contributed by atoms with Gasteiger partial charge in [0, 0.05) is 32.5 Å². The zero-order chi connectivity index (χ0) is 39.2. The molecule has 0 aliphatic carbocycles. The fourth-order valence-corrected chi connectivity index (χ4v) is 8.16. The van der Waals surface area contributed by atoms with Crippen LogP contribution in [0.3, 0.4) is 0 Å². The van der Waals surface area contributed by atoms with Crippen molar-refractivity contribution in [1.29, 1.82) is 0 Å². The van der Waals surface area contributed by atoms with Gasteiger partial charge < -0.3 is 24.0 Å². The van der Waals surface area contributed by atoms with Gasteiger partial charge in [-0.1, -0.05) is 35.9 Å². The Labute approximate surface area is 320 Å². The number of sulfone groups is 1. The maximum Gasteiger partial charge on any atom is 0.418 e. The average Bonchev–Trinajstić information content (AvgIpc) is 3.47. The second-order valence-corrected chi connectivity index (χ2v) is 16.0. The van der Waals surface area contributed by atoms with Crippen LogP contribution in [0.15, 0.2) is 59.8 Å². The Balaban J connectivity index is 1.48. The highest BCUT2D eigenvalue weighted by atomic mass is 35.5. The van der Waals surface area contributed by atoms with Crippen LogP contribution in [-0.2, 0) is 40.3 Å². The molecule has 1 atom stereocenters. The number of hydrogen-bond acceptors (Lipinski definition) is 10. The maximum atomic E-state index is 17.4. The van der Waals surface area contributed by atoms with E-state index in [1.54, 1.807) is 43.4 Å². The number of aromatic nitrogens is 3. The van der Waals surface area contributed by atoms with Crippen molar-refractivity contribution in [3.05, 3.63) is 93.3 Å². The molecule has 0 bridgehead atoms. The van der Waals surface area contributed by atoms with Gasteiger partial charge in [0.2, 0.25) is 15.0 Å². The lowest BCUT2D eigenvalue weighted by Gasteiger charge is -2.29. The highest BCUT2D eigenvalue weighted by molar-refractivity contribution is 7.90. The zero-order valence-corrected chi connectivity index (χ0v) is 32.1. The topological polar surface area (TPSA) is 107 Å². The number of ether oxygens (including phenoxy) is 3. The van der Waals surface area contributed by atoms with Gasteiger partial charge >= 0.3 is 6.18 Å². The first kappa shape index (κ1) is 38.5. The number of benzene rings is 3. The van der Waals surface area contributed by atoms with Crippen LogP contribution >= 0.6 is 11.6 Å². The van der Waals surface area contributed by atoms with Crippen LogP contribution in [0, 0.1) is 12.7 Å². The summed E-state index contributed by atoms with van der Waals surface area (Å²) in [6.45, 7) is 2.90. The van der Waals surface area contributed by atoms with Crippen LogP contribution in [-0.4, -0.2) is 69.6 Å². The van der Waals surface area contributed by atoms with Crippen molar-refractivity contribution in [3.8, 4) is 22.8 Å². The summed E-state index contributed by atoms with van der Waals surface area (Å²) in [6, 6.07) is 15.5. The van der Waals surface area contributed by atoms with Gasteiger partial charge in [0.05, 0.1) is 54.1 Å². The molecule has 0 saturated carbocycles. The quantitative estimate of drug-likeness (QED) is 0.108. The highest BCUT2D eigenvalue weighted by Gasteiger charge is 2.41. The molecule has 0 N–H and O–H groups in total. The van der Waals surface area contributed by atoms with Gasteiger partial charge in [-0.3, -0.25) is 0 Å². The van der Waals surface area contributed by atoms with Crippen LogP contribution < -0.4 is 19.3 Å². The Bertz CT molecular complexity index is 2310. The van der Waals surface area contributed by atoms with Crippen molar-refractivity contribution in [3.63, 3.8) is 0 Å². The maximum absolute atomic E-state index is 17.4. The lowest BCUT2D eigenvalue weighted by Crippen LogP contribution is -2.38. The molecule has 2 aliphatic heterocycles. The fraction of sp³-hybridized carbons (Fsp3) is 0.359. The molecule has 2 aromatic heterocycles. The molecule has 5 aromatic rings. The minimum absolute atomic E-state index is 0.124. The minimum atomic E-state index is -4.98. The van der Waals surface area contributed by atoms with Crippen molar-refractivity contribution in [2.24, 2.45) is 0 Å². The predicted molar refractivity (Wildman–Crippen MR) is 201 cm³/mol. The molecule has 3 aromatic carbocycles. The second kappa shape index (κ2) is 15.1. The Hall–Kier alpha value is -4.73. The van der Waals surface area contributed by atoms with Crippen LogP contribution in [0.25, 0.3) is 22.2 Å². The molecule has 290 valence electrons. The van der Waals surface area contributed by atoms with Crippen molar-refractivity contribution in [1.82, 2.24) is 15.0 Å². The molecule has 0 amide bonds. The minimum Gasteiger partial charge on any atom is -0.497 e. The van der Waals surface area contributed by atoms with E-state index >= 15 is 17.6 Å². The summed E-state index contributed by atoms with van der Waals surface area (Å²) in [6.07, 6.45) is -2.85. The molecule has 0 radical (unpaired) electrons. The van der Waals surface area contributed by atoms with Gasteiger partial charge in [-0.15, -0.1) is 0 Å². The molecule has 4 heterocycles. The van der Waals surface area contributed by atoms with E-state index in [2.05, 4.69) is 15.0 Å². The highest BCUT2D eigenvalue weighted by Crippen LogP contribution is 2.48. The summed E-state index contributed by atoms with van der Waals surface area (Å²) in [5.74, 6) is 0.303. The number of rotatable bonds is 9. The first-order valence-electron chi connectivity index (χ1n) is 17.5. The van der Waals surface area contributed by atoms with Gasteiger partial charge in [0.1, 0.15) is 28.7 Å². The van der Waals surface area contributed by atoms with Crippen LogP contribution in [0.4, 0.5) is 29.2 Å². The molecule has 10 nitrogen and oxygen atoms in total. The van der Waals surface area contributed by atoms with E-state index < -0.39 is 49.3 Å². The first-order chi connectivity index (χ1) is 26.2. The number of methoxy groups -OCH3 is 2. The molecule has 1 saturated heterocycles. The van der Waals surface area contributed by atoms with E-state index in [0.29, 0.717) is 49.7 Å². The smallest absolute Gasteiger partial charge is 0.418 e. The number of anilines is 2. The molecule has 1 unspecified atom stereocenters. The average molecular weight is 800 g/mol. The van der Waals surface area contributed by atoms with Crippen LogP contribution in [0.2, 0.25) is 5.02 Å². The third-order valence-electron chi connectivity index (χ3n) is 9.97. The Morgan fingerprint density at radius 2 is 1.60 bits per heavy atom. The Kier molecular flexibility index (Phi) is 10.6. The number of pyridine rings is 1. The lowest BCUT2D eigenvalue weighted by atomic mass is 9.94. The zero-order valence-electron chi connectivity index (χ0n) is 30.5. The SMILES string of the molecule is COc1ccc(CN(Cc2ccc(OC)cc2)c2cc(C)c(C(F)(F)F)c(-c3c(Cl)c4c5c(nc(S(C)(=O)=O)nc5c3F)N3CCCOCC3CC4)n2)cc1. The second-order valence-electron chi connectivity index (χ2n) is 13.7. The van der Waals surface area contributed by atoms with Gasteiger partial charge in [-0.25, -0.2) is 27.8 Å². The predicted octanol–water partition coefficient (Wildman–Crippen LogP) is 7.98. The molecular weight excluding hydrogens is 762 g/mol. The summed E-state index contributed by atoms with van der Waals surface area (Å²) in [4.78, 5) is 16.8. The molecule has 7 rings (SSSR count). The van der Waals surface area contributed by atoms with Crippen LogP contribution in [0.5, 0.6) is 11.5 Å². The number of nitrogens with zero attached hydrogens (tertiary/aromatic N) is 5.